The molecule has 4 rings (SSSR count). The van der Waals surface area contributed by atoms with Crippen LogP contribution in [0.15, 0.2) is 30.3 Å². The summed E-state index contributed by atoms with van der Waals surface area (Å²) >= 11 is 0. The van der Waals surface area contributed by atoms with Crippen LogP contribution in [0, 0.1) is 5.92 Å². The summed E-state index contributed by atoms with van der Waals surface area (Å²) < 4.78 is 84.6. The second-order valence-corrected chi connectivity index (χ2v) is 9.88. The molecule has 1 amide bonds. The number of piperidine rings is 1. The molecule has 2 aliphatic heterocycles. The summed E-state index contributed by atoms with van der Waals surface area (Å²) in [5, 5.41) is 2.77. The number of hydrogen-bond donors (Lipinski definition) is 1. The maximum Gasteiger partial charge on any atom is 0.451 e. The number of hydrogen-bond acceptors (Lipinski definition) is 6. The third kappa shape index (κ3) is 7.31. The van der Waals surface area contributed by atoms with Gasteiger partial charge in [0.15, 0.2) is 0 Å². The molecule has 2 fully saturated rings. The highest BCUT2D eigenvalue weighted by Crippen LogP contribution is 2.34. The molecule has 0 saturated carbocycles. The van der Waals surface area contributed by atoms with E-state index >= 15 is 0 Å². The third-order valence-corrected chi connectivity index (χ3v) is 7.14. The van der Waals surface area contributed by atoms with Gasteiger partial charge in [0.1, 0.15) is 17.7 Å². The van der Waals surface area contributed by atoms with Crippen molar-refractivity contribution in [3.63, 3.8) is 0 Å². The molecule has 2 aliphatic rings. The molecular formula is C26H31F6N5O2. The normalized spacial score (nSPS) is 19.0. The summed E-state index contributed by atoms with van der Waals surface area (Å²) in [5.41, 5.74) is -0.130. The molecule has 3 heterocycles. The van der Waals surface area contributed by atoms with Gasteiger partial charge in [-0.05, 0) is 55.7 Å². The smallest absolute Gasteiger partial charge is 0.384 e. The number of nitrogens with one attached hydrogen (secondary N) is 1. The highest BCUT2D eigenvalue weighted by Gasteiger charge is 2.39. The molecular weight excluding hydrogens is 528 g/mol. The lowest BCUT2D eigenvalue weighted by molar-refractivity contribution is -0.144. The van der Waals surface area contributed by atoms with Crippen LogP contribution in [0.3, 0.4) is 0 Å². The monoisotopic (exact) mass is 559 g/mol. The Morgan fingerprint density at radius 3 is 2.26 bits per heavy atom. The Bertz CT molecular complexity index is 1120. The molecule has 0 radical (unpaired) electrons. The largest absolute Gasteiger partial charge is 0.451 e. The zero-order valence-electron chi connectivity index (χ0n) is 21.5. The Balaban J connectivity index is 1.44. The Morgan fingerprint density at radius 2 is 1.64 bits per heavy atom. The first-order valence-electron chi connectivity index (χ1n) is 12.9. The van der Waals surface area contributed by atoms with Gasteiger partial charge < -0.3 is 19.9 Å². The maximum atomic E-state index is 13.7. The molecule has 13 heteroatoms. The van der Waals surface area contributed by atoms with Crippen molar-refractivity contribution in [3.8, 4) is 0 Å². The molecule has 214 valence electrons. The van der Waals surface area contributed by atoms with Gasteiger partial charge in [0.2, 0.25) is 11.7 Å². The van der Waals surface area contributed by atoms with Gasteiger partial charge in [0, 0.05) is 46.0 Å². The van der Waals surface area contributed by atoms with Crippen molar-refractivity contribution in [1.29, 1.82) is 0 Å². The number of methoxy groups -OCH3 is 1. The Morgan fingerprint density at radius 1 is 0.974 bits per heavy atom. The number of carbonyl (C=O) groups excluding carboxylic acids is 1. The van der Waals surface area contributed by atoms with E-state index in [2.05, 4.69) is 15.3 Å². The second-order valence-electron chi connectivity index (χ2n) is 9.88. The van der Waals surface area contributed by atoms with E-state index in [4.69, 9.17) is 4.74 Å². The molecule has 2 aromatic rings. The summed E-state index contributed by atoms with van der Waals surface area (Å²) in [5.74, 6) is -1.05. The number of ether oxygens (including phenoxy) is 1. The number of alkyl halides is 6. The van der Waals surface area contributed by atoms with Gasteiger partial charge in [-0.15, -0.1) is 0 Å². The number of anilines is 2. The highest BCUT2D eigenvalue weighted by atomic mass is 19.4. The van der Waals surface area contributed by atoms with Crippen LogP contribution in [0.4, 0.5) is 38.0 Å². The van der Waals surface area contributed by atoms with Crippen molar-refractivity contribution >= 4 is 17.5 Å². The Kier molecular flexibility index (Phi) is 8.87. The lowest BCUT2D eigenvalue weighted by Crippen LogP contribution is -2.44. The first-order valence-corrected chi connectivity index (χ1v) is 12.9. The van der Waals surface area contributed by atoms with E-state index in [1.807, 2.05) is 4.90 Å². The molecule has 39 heavy (non-hydrogen) atoms. The van der Waals surface area contributed by atoms with Gasteiger partial charge in [-0.25, -0.2) is 9.97 Å². The van der Waals surface area contributed by atoms with E-state index in [0.29, 0.717) is 57.0 Å². The number of halogens is 6. The Hall–Kier alpha value is -3.09. The zero-order chi connectivity index (χ0) is 28.2. The quantitative estimate of drug-likeness (QED) is 0.473. The second kappa shape index (κ2) is 12.0. The first-order chi connectivity index (χ1) is 18.5. The van der Waals surface area contributed by atoms with Crippen LogP contribution in [0.25, 0.3) is 0 Å². The number of aromatic nitrogens is 2. The maximum absolute atomic E-state index is 13.7. The topological polar surface area (TPSA) is 70.6 Å². The van der Waals surface area contributed by atoms with Gasteiger partial charge >= 0.3 is 12.4 Å². The number of rotatable bonds is 8. The van der Waals surface area contributed by atoms with Crippen LogP contribution in [-0.2, 0) is 28.3 Å². The van der Waals surface area contributed by atoms with Gasteiger partial charge in [-0.3, -0.25) is 4.79 Å². The molecule has 0 bridgehead atoms. The van der Waals surface area contributed by atoms with E-state index in [0.717, 1.165) is 25.0 Å². The number of carbonyl (C=O) groups is 1. The van der Waals surface area contributed by atoms with Crippen LogP contribution in [0.2, 0.25) is 0 Å². The summed E-state index contributed by atoms with van der Waals surface area (Å²) in [7, 11) is 1.62. The van der Waals surface area contributed by atoms with E-state index in [1.165, 1.54) is 18.2 Å². The third-order valence-electron chi connectivity index (χ3n) is 7.14. The van der Waals surface area contributed by atoms with Crippen LogP contribution in [0.1, 0.15) is 42.6 Å². The predicted octanol–water partition coefficient (Wildman–Crippen LogP) is 4.70. The molecule has 0 aliphatic carbocycles. The van der Waals surface area contributed by atoms with Crippen molar-refractivity contribution in [2.24, 2.45) is 5.92 Å². The van der Waals surface area contributed by atoms with Gasteiger partial charge in [0.05, 0.1) is 5.56 Å². The minimum Gasteiger partial charge on any atom is -0.384 e. The van der Waals surface area contributed by atoms with Crippen molar-refractivity contribution in [3.05, 3.63) is 47.3 Å². The van der Waals surface area contributed by atoms with Crippen molar-refractivity contribution < 1.29 is 35.9 Å². The lowest BCUT2D eigenvalue weighted by atomic mass is 9.98. The predicted molar refractivity (Wildman–Crippen MR) is 132 cm³/mol. The van der Waals surface area contributed by atoms with E-state index < -0.39 is 29.8 Å². The molecule has 1 N–H and O–H groups in total. The van der Waals surface area contributed by atoms with Crippen LogP contribution < -0.4 is 15.1 Å². The average molecular weight is 560 g/mol. The fraction of sp³-hybridized carbons (Fsp3) is 0.577. The number of amides is 1. The number of benzene rings is 1. The van der Waals surface area contributed by atoms with Gasteiger partial charge in [-0.1, -0.05) is 12.1 Å². The minimum absolute atomic E-state index is 0.0479. The van der Waals surface area contributed by atoms with Gasteiger partial charge in [0.25, 0.3) is 0 Å². The SMILES string of the molecule is COCC1CCN(c2cc(N3CCCC3C(=O)NCCc3ccc(C(F)(F)F)cc3)nc(C(F)(F)F)n2)CC1. The molecule has 1 aromatic heterocycles. The first kappa shape index (κ1) is 28.9. The number of nitrogens with zero attached hydrogens (tertiary/aromatic N) is 4. The van der Waals surface area contributed by atoms with E-state index in [-0.39, 0.29) is 24.1 Å². The van der Waals surface area contributed by atoms with Crippen molar-refractivity contribution in [2.75, 3.05) is 49.7 Å². The molecule has 7 nitrogen and oxygen atoms in total. The molecule has 0 spiro atoms. The zero-order valence-corrected chi connectivity index (χ0v) is 21.5. The molecule has 1 unspecified atom stereocenters. The van der Waals surface area contributed by atoms with Crippen molar-refractivity contribution in [1.82, 2.24) is 15.3 Å². The summed E-state index contributed by atoms with van der Waals surface area (Å²) in [6, 6.07) is 5.49. The van der Waals surface area contributed by atoms with Gasteiger partial charge in [-0.2, -0.15) is 26.3 Å². The van der Waals surface area contributed by atoms with E-state index in [9.17, 15) is 31.1 Å². The van der Waals surface area contributed by atoms with Crippen LogP contribution in [-0.4, -0.2) is 61.8 Å². The highest BCUT2D eigenvalue weighted by molar-refractivity contribution is 5.85. The molecule has 1 atom stereocenters. The minimum atomic E-state index is -4.75. The fourth-order valence-electron chi connectivity index (χ4n) is 5.04. The van der Waals surface area contributed by atoms with E-state index in [1.54, 1.807) is 12.0 Å². The van der Waals surface area contributed by atoms with Crippen LogP contribution >= 0.6 is 0 Å². The van der Waals surface area contributed by atoms with Crippen molar-refractivity contribution in [2.45, 2.75) is 50.5 Å². The Labute approximate surface area is 222 Å². The summed E-state index contributed by atoms with van der Waals surface area (Å²) in [6.45, 7) is 2.21. The van der Waals surface area contributed by atoms with Crippen LogP contribution in [0.5, 0.6) is 0 Å². The summed E-state index contributed by atoms with van der Waals surface area (Å²) in [4.78, 5) is 24.0. The fourth-order valence-corrected chi connectivity index (χ4v) is 5.04. The average Bonchev–Trinajstić information content (AvgIpc) is 3.39. The molecule has 2 saturated heterocycles. The lowest BCUT2D eigenvalue weighted by Gasteiger charge is -2.33. The summed E-state index contributed by atoms with van der Waals surface area (Å²) in [6.07, 6.45) is -6.30. The standard InChI is InChI=1S/C26H31F6N5O2/c1-39-16-18-9-13-36(14-10-18)21-15-22(35-24(34-21)26(30,31)32)37-12-2-3-20(37)23(38)33-11-8-17-4-6-19(7-5-17)25(27,28)29/h4-7,15,18,20H,2-3,8-14,16H2,1H3,(H,33,38). The molecule has 1 aromatic carbocycles.